The van der Waals surface area contributed by atoms with Crippen LogP contribution < -0.4 is 0 Å². The van der Waals surface area contributed by atoms with Crippen molar-refractivity contribution < 1.29 is 0 Å². The maximum Gasteiger partial charge on any atom is -0.0254 e. The summed E-state index contributed by atoms with van der Waals surface area (Å²) < 4.78 is 0. The van der Waals surface area contributed by atoms with Crippen molar-refractivity contribution in [2.75, 3.05) is 0 Å². The second-order valence-electron chi connectivity index (χ2n) is 5.04. The van der Waals surface area contributed by atoms with Gasteiger partial charge in [0.25, 0.3) is 0 Å². The van der Waals surface area contributed by atoms with E-state index in [1.807, 2.05) is 0 Å². The molecule has 0 aromatic heterocycles. The van der Waals surface area contributed by atoms with Gasteiger partial charge in [-0.3, -0.25) is 0 Å². The van der Waals surface area contributed by atoms with E-state index in [2.05, 4.69) is 87.5 Å². The highest BCUT2D eigenvalue weighted by Crippen LogP contribution is 2.11. The molecule has 0 nitrogen and oxygen atoms in total. The van der Waals surface area contributed by atoms with Crippen molar-refractivity contribution >= 4 is 12.2 Å². The van der Waals surface area contributed by atoms with Crippen LogP contribution in [-0.4, -0.2) is 0 Å². The molecule has 0 N–H and O–H groups in total. The lowest BCUT2D eigenvalue weighted by Crippen LogP contribution is -1.77. The molecule has 96 valence electrons. The molecule has 2 rings (SSSR count). The monoisotopic (exact) mass is 248 g/mol. The van der Waals surface area contributed by atoms with E-state index in [1.54, 1.807) is 0 Å². The van der Waals surface area contributed by atoms with Crippen LogP contribution in [0.25, 0.3) is 12.2 Å². The first-order valence-electron chi connectivity index (χ1n) is 6.63. The zero-order valence-electron chi connectivity index (χ0n) is 11.9. The molecule has 19 heavy (non-hydrogen) atoms. The van der Waals surface area contributed by atoms with E-state index in [1.165, 1.54) is 27.8 Å². The molecule has 0 atom stereocenters. The fourth-order valence-corrected chi connectivity index (χ4v) is 1.88. The highest BCUT2D eigenvalue weighted by molar-refractivity contribution is 5.61. The Balaban J connectivity index is 2.09. The van der Waals surface area contributed by atoms with Gasteiger partial charge in [0, 0.05) is 0 Å². The minimum absolute atomic E-state index is 1.24. The molecule has 0 heterocycles. The van der Waals surface area contributed by atoms with E-state index in [0.29, 0.717) is 0 Å². The number of allylic oxidation sites excluding steroid dienone is 2. The topological polar surface area (TPSA) is 0 Å². The average molecular weight is 248 g/mol. The Labute approximate surface area is 116 Å². The molecule has 2 aromatic rings. The van der Waals surface area contributed by atoms with Crippen LogP contribution in [0, 0.1) is 13.8 Å². The summed E-state index contributed by atoms with van der Waals surface area (Å²) in [5.74, 6) is 0. The highest BCUT2D eigenvalue weighted by Gasteiger charge is 1.90. The molecule has 0 aliphatic heterocycles. The largest absolute Gasteiger partial charge is 0.0587 e. The van der Waals surface area contributed by atoms with E-state index >= 15 is 0 Å². The van der Waals surface area contributed by atoms with Crippen molar-refractivity contribution in [3.8, 4) is 0 Å². The van der Waals surface area contributed by atoms with E-state index < -0.39 is 0 Å². The Hall–Kier alpha value is -2.08. The van der Waals surface area contributed by atoms with Gasteiger partial charge in [-0.2, -0.15) is 0 Å². The highest BCUT2D eigenvalue weighted by atomic mass is 14.0. The summed E-state index contributed by atoms with van der Waals surface area (Å²) in [5.41, 5.74) is 6.33. The SMILES string of the molecule is CC(/C=C/c1ccc(C)cc1)=C\c1ccc(C)cc1. The van der Waals surface area contributed by atoms with Gasteiger partial charge in [0.2, 0.25) is 0 Å². The average Bonchev–Trinajstić information content (AvgIpc) is 2.41. The van der Waals surface area contributed by atoms with Crippen LogP contribution >= 0.6 is 0 Å². The maximum absolute atomic E-state index is 2.20. The van der Waals surface area contributed by atoms with Crippen molar-refractivity contribution in [3.05, 3.63) is 82.4 Å². The van der Waals surface area contributed by atoms with Gasteiger partial charge < -0.3 is 0 Å². The molecule has 0 saturated heterocycles. The molecule has 0 amide bonds. The van der Waals surface area contributed by atoms with Crippen molar-refractivity contribution in [2.45, 2.75) is 20.8 Å². The van der Waals surface area contributed by atoms with Crippen molar-refractivity contribution in [1.82, 2.24) is 0 Å². The molecule has 2 aromatic carbocycles. The number of aryl methyl sites for hydroxylation is 2. The lowest BCUT2D eigenvalue weighted by molar-refractivity contribution is 1.45. The van der Waals surface area contributed by atoms with E-state index in [0.717, 1.165) is 0 Å². The van der Waals surface area contributed by atoms with Gasteiger partial charge in [-0.1, -0.05) is 83.5 Å². The minimum Gasteiger partial charge on any atom is -0.0587 e. The lowest BCUT2D eigenvalue weighted by atomic mass is 10.1. The third-order valence-electron chi connectivity index (χ3n) is 3.09. The maximum atomic E-state index is 2.20. The number of hydrogen-bond acceptors (Lipinski definition) is 0. The smallest absolute Gasteiger partial charge is 0.0254 e. The van der Waals surface area contributed by atoms with Crippen LogP contribution in [0.2, 0.25) is 0 Å². The van der Waals surface area contributed by atoms with Gasteiger partial charge in [0.15, 0.2) is 0 Å². The molecular formula is C19H20. The van der Waals surface area contributed by atoms with Gasteiger partial charge in [0.05, 0.1) is 0 Å². The summed E-state index contributed by atoms with van der Waals surface area (Å²) >= 11 is 0. The predicted molar refractivity (Wildman–Crippen MR) is 85.0 cm³/mol. The molecule has 0 saturated carbocycles. The Morgan fingerprint density at radius 2 is 1.21 bits per heavy atom. The number of hydrogen-bond donors (Lipinski definition) is 0. The molecule has 0 unspecified atom stereocenters. The van der Waals surface area contributed by atoms with Crippen molar-refractivity contribution in [3.63, 3.8) is 0 Å². The second kappa shape index (κ2) is 6.19. The van der Waals surface area contributed by atoms with E-state index in [-0.39, 0.29) is 0 Å². The van der Waals surface area contributed by atoms with Crippen molar-refractivity contribution in [2.24, 2.45) is 0 Å². The third kappa shape index (κ3) is 4.26. The molecule has 0 heteroatoms. The quantitative estimate of drug-likeness (QED) is 0.636. The van der Waals surface area contributed by atoms with E-state index in [4.69, 9.17) is 0 Å². The Bertz CT molecular complexity index is 581. The molecule has 0 aliphatic carbocycles. The van der Waals surface area contributed by atoms with Crippen molar-refractivity contribution in [1.29, 1.82) is 0 Å². The summed E-state index contributed by atoms with van der Waals surface area (Å²) in [6, 6.07) is 17.1. The minimum atomic E-state index is 1.24. The first kappa shape index (κ1) is 13.4. The van der Waals surface area contributed by atoms with Crippen LogP contribution in [0.4, 0.5) is 0 Å². The van der Waals surface area contributed by atoms with Gasteiger partial charge in [-0.15, -0.1) is 0 Å². The molecule has 0 bridgehead atoms. The van der Waals surface area contributed by atoms with Gasteiger partial charge >= 0.3 is 0 Å². The normalized spacial score (nSPS) is 12.1. The summed E-state index contributed by atoms with van der Waals surface area (Å²) in [6.07, 6.45) is 6.51. The summed E-state index contributed by atoms with van der Waals surface area (Å²) in [4.78, 5) is 0. The Morgan fingerprint density at radius 3 is 1.74 bits per heavy atom. The van der Waals surface area contributed by atoms with Gasteiger partial charge in [-0.25, -0.2) is 0 Å². The summed E-state index contributed by atoms with van der Waals surface area (Å²) in [7, 11) is 0. The second-order valence-corrected chi connectivity index (χ2v) is 5.04. The number of rotatable bonds is 3. The van der Waals surface area contributed by atoms with Gasteiger partial charge in [0.1, 0.15) is 0 Å². The molecular weight excluding hydrogens is 228 g/mol. The molecule has 0 spiro atoms. The fourth-order valence-electron chi connectivity index (χ4n) is 1.88. The predicted octanol–water partition coefficient (Wildman–Crippen LogP) is 5.42. The molecule has 0 radical (unpaired) electrons. The first-order valence-corrected chi connectivity index (χ1v) is 6.63. The Kier molecular flexibility index (Phi) is 4.35. The molecule has 0 fully saturated rings. The third-order valence-corrected chi connectivity index (χ3v) is 3.09. The van der Waals surface area contributed by atoms with Crippen LogP contribution in [0.5, 0.6) is 0 Å². The van der Waals surface area contributed by atoms with Crippen LogP contribution in [0.1, 0.15) is 29.2 Å². The molecule has 0 aliphatic rings. The lowest BCUT2D eigenvalue weighted by Gasteiger charge is -1.98. The van der Waals surface area contributed by atoms with E-state index in [9.17, 15) is 0 Å². The summed E-state index contributed by atoms with van der Waals surface area (Å²) in [6.45, 7) is 6.35. The van der Waals surface area contributed by atoms with Crippen LogP contribution in [0.15, 0.2) is 60.2 Å². The van der Waals surface area contributed by atoms with Crippen LogP contribution in [-0.2, 0) is 0 Å². The fraction of sp³-hybridized carbons (Fsp3) is 0.158. The van der Waals surface area contributed by atoms with Crippen LogP contribution in [0.3, 0.4) is 0 Å². The number of benzene rings is 2. The van der Waals surface area contributed by atoms with Gasteiger partial charge in [-0.05, 0) is 31.9 Å². The zero-order valence-corrected chi connectivity index (χ0v) is 11.9. The zero-order chi connectivity index (χ0) is 13.7. The Morgan fingerprint density at radius 1 is 0.737 bits per heavy atom. The first-order chi connectivity index (χ1) is 9.13. The summed E-state index contributed by atoms with van der Waals surface area (Å²) in [5, 5.41) is 0. The standard InChI is InChI=1S/C19H20/c1-15-4-9-18(10-5-15)11-8-17(3)14-19-12-6-16(2)7-13-19/h4-14H,1-3H3/b11-8+,17-14+.